The summed E-state index contributed by atoms with van der Waals surface area (Å²) in [7, 11) is 0. The lowest BCUT2D eigenvalue weighted by atomic mass is 10.1. The summed E-state index contributed by atoms with van der Waals surface area (Å²) in [6.45, 7) is 1.30. The fraction of sp³-hybridized carbons (Fsp3) is 0.0833. The third kappa shape index (κ3) is 3.45. The maximum atomic E-state index is 11.6. The predicted molar refractivity (Wildman–Crippen MR) is 76.5 cm³/mol. The van der Waals surface area contributed by atoms with Gasteiger partial charge in [-0.2, -0.15) is 0 Å². The van der Waals surface area contributed by atoms with Crippen LogP contribution in [0.5, 0.6) is 0 Å². The molecule has 0 saturated carbocycles. The summed E-state index contributed by atoms with van der Waals surface area (Å²) in [5.41, 5.74) is 5.05. The molecule has 0 radical (unpaired) electrons. The molecule has 2 aromatic rings. The molecule has 1 heterocycles. The monoisotopic (exact) mass is 306 g/mol. The number of nitro benzene ring substituents is 1. The highest BCUT2D eigenvalue weighted by Crippen LogP contribution is 2.30. The summed E-state index contributed by atoms with van der Waals surface area (Å²) in [6.07, 6.45) is 0. The number of hydrogen-bond acceptors (Lipinski definition) is 7. The van der Waals surface area contributed by atoms with Crippen molar-refractivity contribution in [2.45, 2.75) is 17.0 Å². The van der Waals surface area contributed by atoms with Crippen LogP contribution in [0.25, 0.3) is 0 Å². The average Bonchev–Trinajstić information content (AvgIpc) is 2.37. The number of nitrogens with zero attached hydrogens (tertiary/aromatic N) is 2. The zero-order valence-electron chi connectivity index (χ0n) is 10.8. The van der Waals surface area contributed by atoms with E-state index in [4.69, 9.17) is 5.73 Å². The van der Waals surface area contributed by atoms with Crippen molar-refractivity contribution >= 4 is 29.1 Å². The highest BCUT2D eigenvalue weighted by atomic mass is 32.2. The van der Waals surface area contributed by atoms with E-state index in [1.165, 1.54) is 25.1 Å². The van der Waals surface area contributed by atoms with Crippen LogP contribution in [-0.2, 0) is 0 Å². The van der Waals surface area contributed by atoms with E-state index in [0.29, 0.717) is 4.90 Å². The van der Waals surface area contributed by atoms with Crippen molar-refractivity contribution in [3.8, 4) is 0 Å². The number of non-ortho nitro benzene ring substituents is 1. The van der Waals surface area contributed by atoms with Crippen LogP contribution in [0.3, 0.4) is 0 Å². The van der Waals surface area contributed by atoms with E-state index in [9.17, 15) is 19.7 Å². The number of carbonyl (C=O) groups is 1. The largest absolute Gasteiger partial charge is 0.383 e. The summed E-state index contributed by atoms with van der Waals surface area (Å²) >= 11 is 1.00. The first-order chi connectivity index (χ1) is 9.86. The van der Waals surface area contributed by atoms with Crippen LogP contribution < -0.4 is 11.3 Å². The molecule has 0 aliphatic carbocycles. The highest BCUT2D eigenvalue weighted by molar-refractivity contribution is 7.99. The van der Waals surface area contributed by atoms with Crippen LogP contribution in [0.2, 0.25) is 0 Å². The van der Waals surface area contributed by atoms with Gasteiger partial charge in [-0.15, -0.1) is 0 Å². The first-order valence-electron chi connectivity index (χ1n) is 5.71. The zero-order valence-corrected chi connectivity index (χ0v) is 11.6. The molecule has 0 spiro atoms. The molecule has 1 aromatic heterocycles. The van der Waals surface area contributed by atoms with Crippen molar-refractivity contribution in [1.29, 1.82) is 0 Å². The maximum absolute atomic E-state index is 11.6. The molecule has 0 saturated heterocycles. The molecule has 0 fully saturated rings. The summed E-state index contributed by atoms with van der Waals surface area (Å²) in [6, 6.07) is 5.03. The lowest BCUT2D eigenvalue weighted by molar-refractivity contribution is -0.384. The molecule has 9 heteroatoms. The highest BCUT2D eigenvalue weighted by Gasteiger charge is 2.15. The van der Waals surface area contributed by atoms with Crippen molar-refractivity contribution in [2.75, 3.05) is 5.73 Å². The Kier molecular flexibility index (Phi) is 4.03. The number of nitrogens with one attached hydrogen (secondary N) is 1. The number of aromatic nitrogens is 2. The van der Waals surface area contributed by atoms with Gasteiger partial charge in [-0.25, -0.2) is 4.98 Å². The lowest BCUT2D eigenvalue weighted by Gasteiger charge is -2.06. The molecule has 0 aliphatic rings. The first kappa shape index (κ1) is 14.7. The van der Waals surface area contributed by atoms with Gasteiger partial charge in [-0.3, -0.25) is 19.7 Å². The van der Waals surface area contributed by atoms with Crippen molar-refractivity contribution < 1.29 is 9.72 Å². The second-order valence-corrected chi connectivity index (χ2v) is 5.10. The Labute approximate surface area is 122 Å². The molecule has 0 unspecified atom stereocenters. The predicted octanol–water partition coefficient (Wildman–Crippen LogP) is 1.61. The quantitative estimate of drug-likeness (QED) is 0.379. The number of hydrogen-bond donors (Lipinski definition) is 2. The maximum Gasteiger partial charge on any atom is 0.270 e. The molecule has 2 rings (SSSR count). The topological polar surface area (TPSA) is 132 Å². The Morgan fingerprint density at radius 1 is 1.43 bits per heavy atom. The van der Waals surface area contributed by atoms with Gasteiger partial charge in [0.1, 0.15) is 5.82 Å². The lowest BCUT2D eigenvalue weighted by Crippen LogP contribution is -2.09. The number of carbonyl (C=O) groups excluding carboxylic acids is 1. The minimum atomic E-state index is -0.582. The van der Waals surface area contributed by atoms with Crippen LogP contribution in [0, 0.1) is 10.1 Å². The van der Waals surface area contributed by atoms with Crippen LogP contribution in [0.15, 0.2) is 39.1 Å². The molecule has 0 aliphatic heterocycles. The number of ketones is 1. The average molecular weight is 306 g/mol. The van der Waals surface area contributed by atoms with Gasteiger partial charge in [0.05, 0.1) is 4.92 Å². The second-order valence-electron chi connectivity index (χ2n) is 4.07. The van der Waals surface area contributed by atoms with Crippen LogP contribution in [-0.4, -0.2) is 20.7 Å². The van der Waals surface area contributed by atoms with E-state index in [-0.39, 0.29) is 28.0 Å². The molecule has 0 bridgehead atoms. The SMILES string of the molecule is CC(=O)c1cc([N+](=O)[O-])ccc1Sc1nc(N)cc(=O)[nH]1. The van der Waals surface area contributed by atoms with Gasteiger partial charge in [0.25, 0.3) is 11.2 Å². The number of nitro groups is 1. The number of nitrogen functional groups attached to an aromatic ring is 1. The number of rotatable bonds is 4. The molecule has 1 aromatic carbocycles. The molecule has 3 N–H and O–H groups in total. The fourth-order valence-corrected chi connectivity index (χ4v) is 2.56. The number of H-pyrrole nitrogens is 1. The van der Waals surface area contributed by atoms with E-state index in [1.54, 1.807) is 0 Å². The molecule has 21 heavy (non-hydrogen) atoms. The third-order valence-electron chi connectivity index (χ3n) is 2.50. The van der Waals surface area contributed by atoms with Crippen molar-refractivity contribution in [2.24, 2.45) is 0 Å². The Balaban J connectivity index is 2.46. The van der Waals surface area contributed by atoms with E-state index in [2.05, 4.69) is 9.97 Å². The Bertz CT molecular complexity index is 787. The summed E-state index contributed by atoms with van der Waals surface area (Å²) in [4.78, 5) is 39.9. The van der Waals surface area contributed by atoms with Gasteiger partial charge >= 0.3 is 0 Å². The second kappa shape index (κ2) is 5.75. The summed E-state index contributed by atoms with van der Waals surface area (Å²) < 4.78 is 0. The molecule has 8 nitrogen and oxygen atoms in total. The summed E-state index contributed by atoms with van der Waals surface area (Å²) in [5.74, 6) is -0.278. The molecular weight excluding hydrogens is 296 g/mol. The van der Waals surface area contributed by atoms with Gasteiger partial charge < -0.3 is 10.7 Å². The van der Waals surface area contributed by atoms with Gasteiger partial charge in [0.2, 0.25) is 0 Å². The molecule has 108 valence electrons. The van der Waals surface area contributed by atoms with Gasteiger partial charge in [0.15, 0.2) is 10.9 Å². The molecular formula is C12H10N4O4S. The first-order valence-corrected chi connectivity index (χ1v) is 6.52. The Morgan fingerprint density at radius 2 is 2.14 bits per heavy atom. The van der Waals surface area contributed by atoms with Gasteiger partial charge in [0, 0.05) is 28.7 Å². The van der Waals surface area contributed by atoms with E-state index in [0.717, 1.165) is 17.8 Å². The Morgan fingerprint density at radius 3 is 2.71 bits per heavy atom. The number of aromatic amines is 1. The number of nitrogens with two attached hydrogens (primary N) is 1. The van der Waals surface area contributed by atoms with E-state index < -0.39 is 10.5 Å². The van der Waals surface area contributed by atoms with E-state index >= 15 is 0 Å². The molecule has 0 atom stereocenters. The van der Waals surface area contributed by atoms with Crippen molar-refractivity contribution in [3.63, 3.8) is 0 Å². The number of anilines is 1. The number of benzene rings is 1. The normalized spacial score (nSPS) is 10.3. The smallest absolute Gasteiger partial charge is 0.270 e. The molecule has 0 amide bonds. The minimum Gasteiger partial charge on any atom is -0.383 e. The van der Waals surface area contributed by atoms with Crippen molar-refractivity contribution in [3.05, 3.63) is 50.3 Å². The standard InChI is InChI=1S/C12H10N4O4S/c1-6(17)8-4-7(16(19)20)2-3-9(8)21-12-14-10(13)5-11(18)15-12/h2-5H,1H3,(H3,13,14,15,18). The van der Waals surface area contributed by atoms with Crippen LogP contribution in [0.4, 0.5) is 11.5 Å². The Hall–Kier alpha value is -2.68. The summed E-state index contributed by atoms with van der Waals surface area (Å²) in [5, 5.41) is 11.0. The minimum absolute atomic E-state index is 0.0486. The van der Waals surface area contributed by atoms with Crippen molar-refractivity contribution in [1.82, 2.24) is 9.97 Å². The van der Waals surface area contributed by atoms with Gasteiger partial charge in [-0.1, -0.05) is 11.8 Å². The van der Waals surface area contributed by atoms with Crippen LogP contribution >= 0.6 is 11.8 Å². The number of Topliss-reactive ketones (excluding diaryl/α,β-unsaturated/α-hetero) is 1. The third-order valence-corrected chi connectivity index (χ3v) is 3.46. The fourth-order valence-electron chi connectivity index (χ4n) is 1.60. The van der Waals surface area contributed by atoms with Crippen LogP contribution in [0.1, 0.15) is 17.3 Å². The van der Waals surface area contributed by atoms with E-state index in [1.807, 2.05) is 0 Å². The van der Waals surface area contributed by atoms with Gasteiger partial charge in [-0.05, 0) is 13.0 Å². The zero-order chi connectivity index (χ0) is 15.6.